The number of hydrogen-bond acceptors (Lipinski definition) is 4. The van der Waals surface area contributed by atoms with Crippen LogP contribution in [0, 0.1) is 5.92 Å². The Hall–Kier alpha value is -2.37. The number of hydrogen-bond donors (Lipinski definition) is 1. The van der Waals surface area contributed by atoms with E-state index in [1.807, 2.05) is 24.3 Å². The van der Waals surface area contributed by atoms with E-state index in [1.165, 1.54) is 0 Å². The SMILES string of the molecule is CC1(C)Oc2ccccc2[C@@H]2O[C@@H]3CCN(Cc4ccccc4C(=O)O)[C@H]3C[C@H]21. The molecule has 3 heterocycles. The Bertz CT molecular complexity index is 940. The average molecular weight is 393 g/mol. The zero-order valence-corrected chi connectivity index (χ0v) is 16.9. The first-order valence-electron chi connectivity index (χ1n) is 10.4. The van der Waals surface area contributed by atoms with Crippen LogP contribution in [0.4, 0.5) is 0 Å². The van der Waals surface area contributed by atoms with Gasteiger partial charge in [-0.25, -0.2) is 4.79 Å². The molecule has 2 aromatic carbocycles. The van der Waals surface area contributed by atoms with Crippen molar-refractivity contribution >= 4 is 5.97 Å². The number of fused-ring (bicyclic) bond motifs is 4. The zero-order chi connectivity index (χ0) is 20.2. The summed E-state index contributed by atoms with van der Waals surface area (Å²) in [5, 5.41) is 9.53. The number of nitrogens with zero attached hydrogens (tertiary/aromatic N) is 1. The highest BCUT2D eigenvalue weighted by atomic mass is 16.5. The van der Waals surface area contributed by atoms with Gasteiger partial charge in [0.25, 0.3) is 0 Å². The summed E-state index contributed by atoms with van der Waals surface area (Å²) >= 11 is 0. The molecule has 0 aromatic heterocycles. The van der Waals surface area contributed by atoms with Crippen molar-refractivity contribution in [1.82, 2.24) is 4.90 Å². The first-order chi connectivity index (χ1) is 13.9. The molecule has 0 aliphatic carbocycles. The molecule has 5 heteroatoms. The highest BCUT2D eigenvalue weighted by molar-refractivity contribution is 5.89. The maximum Gasteiger partial charge on any atom is 0.336 e. The van der Waals surface area contributed by atoms with E-state index in [4.69, 9.17) is 9.47 Å². The highest BCUT2D eigenvalue weighted by Gasteiger charge is 2.52. The molecule has 29 heavy (non-hydrogen) atoms. The van der Waals surface area contributed by atoms with Crippen LogP contribution < -0.4 is 4.74 Å². The standard InChI is InChI=1S/C24H27NO4/c1-24(2)18-13-19-21(28-22(18)17-9-5-6-10-20(17)29-24)11-12-25(19)14-15-7-3-4-8-16(15)23(26)27/h3-10,18-19,21-22H,11-14H2,1-2H3,(H,26,27)/t18-,19+,21-,22+/m1/s1. The number of para-hydroxylation sites is 1. The van der Waals surface area contributed by atoms with Crippen LogP contribution in [0.2, 0.25) is 0 Å². The fourth-order valence-electron chi connectivity index (χ4n) is 5.40. The van der Waals surface area contributed by atoms with E-state index >= 15 is 0 Å². The van der Waals surface area contributed by atoms with Gasteiger partial charge in [-0.3, -0.25) is 4.90 Å². The molecule has 152 valence electrons. The fourth-order valence-corrected chi connectivity index (χ4v) is 5.40. The van der Waals surface area contributed by atoms with E-state index in [2.05, 4.69) is 30.9 Å². The number of benzene rings is 2. The summed E-state index contributed by atoms with van der Waals surface area (Å²) in [7, 11) is 0. The lowest BCUT2D eigenvalue weighted by atomic mass is 9.74. The summed E-state index contributed by atoms with van der Waals surface area (Å²) in [6.45, 7) is 5.88. The zero-order valence-electron chi connectivity index (χ0n) is 16.9. The molecule has 2 aromatic rings. The minimum Gasteiger partial charge on any atom is -0.487 e. The molecule has 0 bridgehead atoms. The van der Waals surface area contributed by atoms with Gasteiger partial charge in [-0.15, -0.1) is 0 Å². The minimum atomic E-state index is -0.866. The summed E-state index contributed by atoms with van der Waals surface area (Å²) < 4.78 is 13.0. The van der Waals surface area contributed by atoms with Gasteiger partial charge in [-0.2, -0.15) is 0 Å². The second-order valence-electron chi connectivity index (χ2n) is 8.97. The molecule has 2 saturated heterocycles. The second kappa shape index (κ2) is 6.85. The topological polar surface area (TPSA) is 59.0 Å². The van der Waals surface area contributed by atoms with Gasteiger partial charge in [-0.1, -0.05) is 36.4 Å². The van der Waals surface area contributed by atoms with Crippen molar-refractivity contribution in [1.29, 1.82) is 0 Å². The number of likely N-dealkylation sites (tertiary alicyclic amines) is 1. The van der Waals surface area contributed by atoms with Crippen molar-refractivity contribution in [3.05, 3.63) is 65.2 Å². The molecule has 4 atom stereocenters. The molecule has 0 amide bonds. The predicted molar refractivity (Wildman–Crippen MR) is 109 cm³/mol. The Balaban J connectivity index is 1.41. The Morgan fingerprint density at radius 1 is 1.17 bits per heavy atom. The Kier molecular flexibility index (Phi) is 4.41. The average Bonchev–Trinajstić information content (AvgIpc) is 3.09. The summed E-state index contributed by atoms with van der Waals surface area (Å²) in [4.78, 5) is 14.0. The summed E-state index contributed by atoms with van der Waals surface area (Å²) in [6.07, 6.45) is 2.20. The molecule has 3 aliphatic heterocycles. The van der Waals surface area contributed by atoms with Crippen molar-refractivity contribution in [2.24, 2.45) is 5.92 Å². The molecule has 0 radical (unpaired) electrons. The lowest BCUT2D eigenvalue weighted by Crippen LogP contribution is -2.53. The van der Waals surface area contributed by atoms with Crippen molar-refractivity contribution in [3.8, 4) is 5.75 Å². The van der Waals surface area contributed by atoms with Gasteiger partial charge in [0.2, 0.25) is 0 Å². The first-order valence-corrected chi connectivity index (χ1v) is 10.4. The molecule has 5 nitrogen and oxygen atoms in total. The van der Waals surface area contributed by atoms with E-state index in [9.17, 15) is 9.90 Å². The van der Waals surface area contributed by atoms with Crippen LogP contribution in [0.5, 0.6) is 5.75 Å². The van der Waals surface area contributed by atoms with E-state index in [-0.39, 0.29) is 29.8 Å². The number of rotatable bonds is 3. The third kappa shape index (κ3) is 3.13. The summed E-state index contributed by atoms with van der Waals surface area (Å²) in [5.41, 5.74) is 2.11. The van der Waals surface area contributed by atoms with E-state index in [1.54, 1.807) is 12.1 Å². The van der Waals surface area contributed by atoms with Crippen LogP contribution >= 0.6 is 0 Å². The molecular formula is C24H27NO4. The summed E-state index contributed by atoms with van der Waals surface area (Å²) in [6, 6.07) is 15.8. The number of aromatic carboxylic acids is 1. The Labute approximate surface area is 171 Å². The van der Waals surface area contributed by atoms with Crippen LogP contribution in [0.25, 0.3) is 0 Å². The Morgan fingerprint density at radius 2 is 1.93 bits per heavy atom. The maximum atomic E-state index is 11.6. The molecule has 1 N–H and O–H groups in total. The number of carbonyl (C=O) groups is 1. The van der Waals surface area contributed by atoms with Crippen LogP contribution in [0.15, 0.2) is 48.5 Å². The van der Waals surface area contributed by atoms with Gasteiger partial charge in [0, 0.05) is 30.6 Å². The van der Waals surface area contributed by atoms with Crippen molar-refractivity contribution in [2.45, 2.75) is 57.1 Å². The lowest BCUT2D eigenvalue weighted by molar-refractivity contribution is -0.162. The number of ether oxygens (including phenoxy) is 2. The quantitative estimate of drug-likeness (QED) is 0.844. The minimum absolute atomic E-state index is 0.0578. The number of carboxylic acids is 1. The molecule has 0 unspecified atom stereocenters. The van der Waals surface area contributed by atoms with Crippen LogP contribution in [0.1, 0.15) is 54.3 Å². The van der Waals surface area contributed by atoms with Gasteiger partial charge in [0.1, 0.15) is 11.4 Å². The van der Waals surface area contributed by atoms with Crippen LogP contribution in [0.3, 0.4) is 0 Å². The third-order valence-electron chi connectivity index (χ3n) is 6.89. The van der Waals surface area contributed by atoms with Gasteiger partial charge in [0.15, 0.2) is 0 Å². The molecule has 5 rings (SSSR count). The first kappa shape index (κ1) is 18.6. The predicted octanol–water partition coefficient (Wildman–Crippen LogP) is 4.28. The normalized spacial score (nSPS) is 30.0. The third-order valence-corrected chi connectivity index (χ3v) is 6.89. The summed E-state index contributed by atoms with van der Waals surface area (Å²) in [5.74, 6) is 0.325. The lowest BCUT2D eigenvalue weighted by Gasteiger charge is -2.50. The van der Waals surface area contributed by atoms with Gasteiger partial charge in [0.05, 0.1) is 17.8 Å². The molecule has 3 aliphatic rings. The largest absolute Gasteiger partial charge is 0.487 e. The van der Waals surface area contributed by atoms with Gasteiger partial charge >= 0.3 is 5.97 Å². The molecule has 0 spiro atoms. The monoisotopic (exact) mass is 393 g/mol. The van der Waals surface area contributed by atoms with Crippen molar-refractivity contribution in [3.63, 3.8) is 0 Å². The molecule has 2 fully saturated rings. The smallest absolute Gasteiger partial charge is 0.336 e. The molecule has 0 saturated carbocycles. The number of carboxylic acid groups (broad SMARTS) is 1. The fraction of sp³-hybridized carbons (Fsp3) is 0.458. The van der Waals surface area contributed by atoms with Crippen molar-refractivity contribution in [2.75, 3.05) is 6.54 Å². The highest BCUT2D eigenvalue weighted by Crippen LogP contribution is 2.52. The van der Waals surface area contributed by atoms with Gasteiger partial charge < -0.3 is 14.6 Å². The Morgan fingerprint density at radius 3 is 2.76 bits per heavy atom. The van der Waals surface area contributed by atoms with Gasteiger partial charge in [-0.05, 0) is 44.4 Å². The van der Waals surface area contributed by atoms with Crippen LogP contribution in [-0.2, 0) is 11.3 Å². The maximum absolute atomic E-state index is 11.6. The molecular weight excluding hydrogens is 366 g/mol. The van der Waals surface area contributed by atoms with E-state index < -0.39 is 5.97 Å². The van der Waals surface area contributed by atoms with E-state index in [0.717, 1.165) is 36.3 Å². The second-order valence-corrected chi connectivity index (χ2v) is 8.97. The van der Waals surface area contributed by atoms with E-state index in [0.29, 0.717) is 12.1 Å². The van der Waals surface area contributed by atoms with Crippen molar-refractivity contribution < 1.29 is 19.4 Å². The van der Waals surface area contributed by atoms with Crippen LogP contribution in [-0.4, -0.2) is 40.3 Å².